The van der Waals surface area contributed by atoms with Crippen LogP contribution in [0.5, 0.6) is 17.2 Å². The van der Waals surface area contributed by atoms with Gasteiger partial charge >= 0.3 is 5.97 Å². The Balaban J connectivity index is 1.72. The predicted octanol–water partition coefficient (Wildman–Crippen LogP) is 6.44. The highest BCUT2D eigenvalue weighted by Crippen LogP contribution is 2.33. The number of carbonyl (C=O) groups is 2. The zero-order valence-corrected chi connectivity index (χ0v) is 23.5. The Morgan fingerprint density at radius 3 is 2.35 bits per heavy atom. The van der Waals surface area contributed by atoms with Crippen LogP contribution < -0.4 is 19.6 Å². The molecule has 0 aliphatic heterocycles. The second-order valence-electron chi connectivity index (χ2n) is 7.74. The Labute approximate surface area is 231 Å². The fourth-order valence-corrected chi connectivity index (χ4v) is 4.57. The highest BCUT2D eigenvalue weighted by atomic mass is 79.9. The van der Waals surface area contributed by atoms with Gasteiger partial charge in [0.1, 0.15) is 12.4 Å². The molecule has 8 nitrogen and oxygen atoms in total. The lowest BCUT2D eigenvalue weighted by Crippen LogP contribution is -2.18. The van der Waals surface area contributed by atoms with E-state index in [1.807, 2.05) is 19.9 Å². The number of aromatic carboxylic acids is 1. The van der Waals surface area contributed by atoms with Crippen LogP contribution in [0.4, 0.5) is 0 Å². The highest BCUT2D eigenvalue weighted by molar-refractivity contribution is 9.11. The van der Waals surface area contributed by atoms with Crippen molar-refractivity contribution in [3.63, 3.8) is 0 Å². The van der Waals surface area contributed by atoms with Crippen LogP contribution in [0.15, 0.2) is 68.6 Å². The molecule has 3 aromatic rings. The van der Waals surface area contributed by atoms with Gasteiger partial charge in [-0.15, -0.1) is 0 Å². The lowest BCUT2D eigenvalue weighted by atomic mass is 10.1. The molecule has 10 heteroatoms. The molecule has 0 saturated heterocycles. The largest absolute Gasteiger partial charge is 0.490 e. The van der Waals surface area contributed by atoms with E-state index in [-0.39, 0.29) is 12.2 Å². The summed E-state index contributed by atoms with van der Waals surface area (Å²) >= 11 is 6.95. The van der Waals surface area contributed by atoms with Crippen LogP contribution in [0.1, 0.15) is 52.1 Å². The molecule has 0 spiro atoms. The first-order valence-corrected chi connectivity index (χ1v) is 13.1. The van der Waals surface area contributed by atoms with Gasteiger partial charge in [-0.05, 0) is 77.3 Å². The Morgan fingerprint density at radius 1 is 0.946 bits per heavy atom. The fourth-order valence-electron chi connectivity index (χ4n) is 3.20. The van der Waals surface area contributed by atoms with Gasteiger partial charge in [-0.25, -0.2) is 10.2 Å². The maximum atomic E-state index is 12.7. The molecule has 37 heavy (non-hydrogen) atoms. The summed E-state index contributed by atoms with van der Waals surface area (Å²) in [6, 6.07) is 15.0. The van der Waals surface area contributed by atoms with Crippen LogP contribution in [0, 0.1) is 0 Å². The van der Waals surface area contributed by atoms with Crippen molar-refractivity contribution in [1.29, 1.82) is 0 Å². The van der Waals surface area contributed by atoms with E-state index in [4.69, 9.17) is 19.3 Å². The maximum Gasteiger partial charge on any atom is 0.335 e. The first-order chi connectivity index (χ1) is 17.8. The number of carboxylic acid groups (broad SMARTS) is 1. The Bertz CT molecular complexity index is 1280. The van der Waals surface area contributed by atoms with E-state index in [0.717, 1.165) is 16.5 Å². The molecule has 0 bridgehead atoms. The summed E-state index contributed by atoms with van der Waals surface area (Å²) < 4.78 is 18.8. The Morgan fingerprint density at radius 2 is 1.68 bits per heavy atom. The first-order valence-electron chi connectivity index (χ1n) is 11.5. The summed E-state index contributed by atoms with van der Waals surface area (Å²) in [4.78, 5) is 23.8. The average Bonchev–Trinajstić information content (AvgIpc) is 2.87. The van der Waals surface area contributed by atoms with E-state index in [1.165, 1.54) is 18.3 Å². The summed E-state index contributed by atoms with van der Waals surface area (Å²) in [5.74, 6) is 0.199. The van der Waals surface area contributed by atoms with E-state index < -0.39 is 11.9 Å². The highest BCUT2D eigenvalue weighted by Gasteiger charge is 2.13. The maximum absolute atomic E-state index is 12.7. The van der Waals surface area contributed by atoms with Crippen LogP contribution in [-0.4, -0.2) is 36.4 Å². The fraction of sp³-hybridized carbons (Fsp3) is 0.222. The van der Waals surface area contributed by atoms with E-state index in [0.29, 0.717) is 46.1 Å². The second kappa shape index (κ2) is 13.8. The van der Waals surface area contributed by atoms with Crippen molar-refractivity contribution in [2.45, 2.75) is 26.9 Å². The minimum Gasteiger partial charge on any atom is -0.490 e. The minimum absolute atomic E-state index is 0.202. The van der Waals surface area contributed by atoms with E-state index in [9.17, 15) is 9.59 Å². The molecule has 0 fully saturated rings. The third-order valence-corrected chi connectivity index (χ3v) is 6.01. The molecular formula is C27H26Br2N2O6. The average molecular weight is 634 g/mol. The normalized spacial score (nSPS) is 10.8. The van der Waals surface area contributed by atoms with Crippen molar-refractivity contribution in [2.24, 2.45) is 5.10 Å². The summed E-state index contributed by atoms with van der Waals surface area (Å²) in [6.45, 7) is 5.08. The Kier molecular flexibility index (Phi) is 10.5. The molecule has 0 saturated carbocycles. The van der Waals surface area contributed by atoms with Gasteiger partial charge < -0.3 is 19.3 Å². The zero-order valence-electron chi connectivity index (χ0n) is 20.3. The number of hydrazone groups is 1. The standard InChI is InChI=1S/C27H26Br2N2O6/c1-3-11-36-23-10-9-19(13-24(23)35-4-2)26(32)31-30-15-20-12-21(28)14-22(29)25(20)37-16-17-5-7-18(8-6-17)27(33)34/h5-10,12-15H,3-4,11,16H2,1-2H3,(H,31,32)(H,33,34)/b30-15+. The van der Waals surface area contributed by atoms with Gasteiger partial charge in [0.25, 0.3) is 5.91 Å². The van der Waals surface area contributed by atoms with Crippen LogP contribution in [0.2, 0.25) is 0 Å². The number of hydrogen-bond acceptors (Lipinski definition) is 6. The summed E-state index contributed by atoms with van der Waals surface area (Å²) in [6.07, 6.45) is 2.34. The number of rotatable bonds is 12. The molecule has 3 rings (SSSR count). The number of benzene rings is 3. The number of carbonyl (C=O) groups excluding carboxylic acids is 1. The second-order valence-corrected chi connectivity index (χ2v) is 9.51. The molecule has 2 N–H and O–H groups in total. The van der Waals surface area contributed by atoms with Crippen LogP contribution in [0.3, 0.4) is 0 Å². The van der Waals surface area contributed by atoms with Crippen LogP contribution >= 0.6 is 31.9 Å². The smallest absolute Gasteiger partial charge is 0.335 e. The van der Waals surface area contributed by atoms with Gasteiger partial charge in [0.05, 0.1) is 29.5 Å². The monoisotopic (exact) mass is 632 g/mol. The van der Waals surface area contributed by atoms with Crippen molar-refractivity contribution < 1.29 is 28.9 Å². The van der Waals surface area contributed by atoms with Crippen molar-refractivity contribution in [2.75, 3.05) is 13.2 Å². The third-order valence-electron chi connectivity index (χ3n) is 4.96. The number of halogens is 2. The number of amides is 1. The number of hydrogen-bond donors (Lipinski definition) is 2. The van der Waals surface area contributed by atoms with Gasteiger partial charge in [0.2, 0.25) is 0 Å². The molecule has 0 atom stereocenters. The number of ether oxygens (including phenoxy) is 3. The number of carboxylic acids is 1. The first kappa shape index (κ1) is 28.2. The van der Waals surface area contributed by atoms with E-state index in [2.05, 4.69) is 42.4 Å². The van der Waals surface area contributed by atoms with Gasteiger partial charge in [-0.3, -0.25) is 4.79 Å². The predicted molar refractivity (Wildman–Crippen MR) is 148 cm³/mol. The van der Waals surface area contributed by atoms with Crippen molar-refractivity contribution >= 4 is 50.0 Å². The SMILES string of the molecule is CCCOc1ccc(C(=O)N/N=C/c2cc(Br)cc(Br)c2OCc2ccc(C(=O)O)cc2)cc1OCC. The van der Waals surface area contributed by atoms with Crippen LogP contribution in [-0.2, 0) is 6.61 Å². The number of nitrogens with one attached hydrogen (secondary N) is 1. The summed E-state index contributed by atoms with van der Waals surface area (Å²) in [5, 5.41) is 13.2. The van der Waals surface area contributed by atoms with Gasteiger partial charge in [0, 0.05) is 15.6 Å². The van der Waals surface area contributed by atoms with Gasteiger partial charge in [-0.1, -0.05) is 35.0 Å². The minimum atomic E-state index is -0.987. The molecule has 194 valence electrons. The van der Waals surface area contributed by atoms with Gasteiger partial charge in [-0.2, -0.15) is 5.10 Å². The van der Waals surface area contributed by atoms with Crippen molar-refractivity contribution in [1.82, 2.24) is 5.43 Å². The lowest BCUT2D eigenvalue weighted by Gasteiger charge is -2.13. The summed E-state index contributed by atoms with van der Waals surface area (Å²) in [7, 11) is 0. The van der Waals surface area contributed by atoms with E-state index >= 15 is 0 Å². The molecule has 0 radical (unpaired) electrons. The van der Waals surface area contributed by atoms with Crippen LogP contribution in [0.25, 0.3) is 0 Å². The Hall–Kier alpha value is -3.37. The molecule has 1 amide bonds. The molecular weight excluding hydrogens is 608 g/mol. The topological polar surface area (TPSA) is 106 Å². The third kappa shape index (κ3) is 8.06. The molecule has 0 unspecified atom stereocenters. The number of nitrogens with zero attached hydrogens (tertiary/aromatic N) is 1. The molecule has 0 aromatic heterocycles. The molecule has 3 aromatic carbocycles. The molecule has 0 heterocycles. The van der Waals surface area contributed by atoms with Crippen molar-refractivity contribution in [3.8, 4) is 17.2 Å². The van der Waals surface area contributed by atoms with Gasteiger partial charge in [0.15, 0.2) is 11.5 Å². The molecule has 0 aliphatic carbocycles. The van der Waals surface area contributed by atoms with E-state index in [1.54, 1.807) is 36.4 Å². The zero-order chi connectivity index (χ0) is 26.8. The van der Waals surface area contributed by atoms with Crippen molar-refractivity contribution in [3.05, 3.63) is 85.8 Å². The molecule has 0 aliphatic rings. The lowest BCUT2D eigenvalue weighted by molar-refractivity contribution is 0.0696. The summed E-state index contributed by atoms with van der Waals surface area (Å²) in [5.41, 5.74) is 4.52. The quantitative estimate of drug-likeness (QED) is 0.176.